The van der Waals surface area contributed by atoms with Gasteiger partial charge < -0.3 is 5.73 Å². The predicted octanol–water partition coefficient (Wildman–Crippen LogP) is 3.70. The number of hydrogen-bond acceptors (Lipinski definition) is 3. The Hall–Kier alpha value is -2.22. The van der Waals surface area contributed by atoms with E-state index in [1.807, 2.05) is 18.2 Å². The lowest BCUT2D eigenvalue weighted by molar-refractivity contribution is 0.157. The van der Waals surface area contributed by atoms with Crippen molar-refractivity contribution in [2.45, 2.75) is 31.3 Å². The van der Waals surface area contributed by atoms with Crippen LogP contribution in [0.5, 0.6) is 0 Å². The van der Waals surface area contributed by atoms with Gasteiger partial charge in [-0.15, -0.1) is 0 Å². The van der Waals surface area contributed by atoms with Gasteiger partial charge in [-0.05, 0) is 41.7 Å². The summed E-state index contributed by atoms with van der Waals surface area (Å²) in [6, 6.07) is 17.1. The van der Waals surface area contributed by atoms with Crippen molar-refractivity contribution in [2.75, 3.05) is 13.1 Å². The van der Waals surface area contributed by atoms with Crippen LogP contribution in [0.1, 0.15) is 24.8 Å². The van der Waals surface area contributed by atoms with E-state index < -0.39 is 0 Å². The van der Waals surface area contributed by atoms with Crippen LogP contribution in [0.15, 0.2) is 48.5 Å². The van der Waals surface area contributed by atoms with Gasteiger partial charge in [0.1, 0.15) is 5.82 Å². The highest BCUT2D eigenvalue weighted by molar-refractivity contribution is 5.63. The van der Waals surface area contributed by atoms with E-state index in [0.29, 0.717) is 6.42 Å². The maximum absolute atomic E-state index is 13.3. The Morgan fingerprint density at radius 3 is 2.42 bits per heavy atom. The fourth-order valence-electron chi connectivity index (χ4n) is 3.22. The number of piperidine rings is 1. The third kappa shape index (κ3) is 4.00. The third-order valence-corrected chi connectivity index (χ3v) is 4.80. The molecule has 0 radical (unpaired) electrons. The van der Waals surface area contributed by atoms with Crippen molar-refractivity contribution in [3.05, 3.63) is 59.9 Å². The molecule has 0 saturated carbocycles. The Morgan fingerprint density at radius 1 is 1.08 bits per heavy atom. The van der Waals surface area contributed by atoms with Crippen molar-refractivity contribution in [2.24, 2.45) is 5.73 Å². The molecule has 1 aliphatic heterocycles. The van der Waals surface area contributed by atoms with E-state index in [0.717, 1.165) is 43.6 Å². The molecule has 2 aromatic rings. The molecule has 2 N–H and O–H groups in total. The van der Waals surface area contributed by atoms with Gasteiger partial charge in [-0.3, -0.25) is 4.90 Å². The summed E-state index contributed by atoms with van der Waals surface area (Å²) in [5.41, 5.74) is 9.08. The normalized spacial score (nSPS) is 17.4. The van der Waals surface area contributed by atoms with E-state index in [1.165, 1.54) is 11.6 Å². The monoisotopic (exact) mass is 323 g/mol. The molecule has 3 rings (SSSR count). The van der Waals surface area contributed by atoms with Gasteiger partial charge in [-0.2, -0.15) is 5.26 Å². The SMILES string of the molecule is N#CCC1(N)CCN(Cc2ccc(-c3cccc(F)c3)cc2)CC1. The quantitative estimate of drug-likeness (QED) is 0.933. The third-order valence-electron chi connectivity index (χ3n) is 4.80. The van der Waals surface area contributed by atoms with Crippen LogP contribution >= 0.6 is 0 Å². The van der Waals surface area contributed by atoms with Crippen molar-refractivity contribution in [3.8, 4) is 17.2 Å². The number of hydrogen-bond donors (Lipinski definition) is 1. The average Bonchev–Trinajstić information content (AvgIpc) is 2.58. The highest BCUT2D eigenvalue weighted by Gasteiger charge is 2.30. The van der Waals surface area contributed by atoms with Crippen molar-refractivity contribution in [1.29, 1.82) is 5.26 Å². The molecule has 0 bridgehead atoms. The minimum atomic E-state index is -0.313. The first-order valence-corrected chi connectivity index (χ1v) is 8.31. The van der Waals surface area contributed by atoms with Gasteiger partial charge in [0.05, 0.1) is 12.5 Å². The van der Waals surface area contributed by atoms with E-state index in [2.05, 4.69) is 23.1 Å². The molecule has 1 heterocycles. The second-order valence-electron chi connectivity index (χ2n) is 6.68. The van der Waals surface area contributed by atoms with Gasteiger partial charge in [0.2, 0.25) is 0 Å². The van der Waals surface area contributed by atoms with E-state index >= 15 is 0 Å². The summed E-state index contributed by atoms with van der Waals surface area (Å²) in [5.74, 6) is -0.215. The Labute approximate surface area is 142 Å². The summed E-state index contributed by atoms with van der Waals surface area (Å²) < 4.78 is 13.3. The summed E-state index contributed by atoms with van der Waals surface area (Å²) >= 11 is 0. The molecule has 4 heteroatoms. The molecule has 0 aliphatic carbocycles. The van der Waals surface area contributed by atoms with E-state index in [9.17, 15) is 4.39 Å². The van der Waals surface area contributed by atoms with Crippen LogP contribution < -0.4 is 5.73 Å². The van der Waals surface area contributed by atoms with Crippen molar-refractivity contribution in [1.82, 2.24) is 4.90 Å². The van der Waals surface area contributed by atoms with Crippen molar-refractivity contribution < 1.29 is 4.39 Å². The molecular weight excluding hydrogens is 301 g/mol. The lowest BCUT2D eigenvalue weighted by Gasteiger charge is -2.37. The zero-order valence-electron chi connectivity index (χ0n) is 13.7. The van der Waals surface area contributed by atoms with Gasteiger partial charge >= 0.3 is 0 Å². The highest BCUT2D eigenvalue weighted by Crippen LogP contribution is 2.25. The zero-order chi connectivity index (χ0) is 17.0. The molecule has 124 valence electrons. The fourth-order valence-corrected chi connectivity index (χ4v) is 3.22. The Morgan fingerprint density at radius 2 is 1.79 bits per heavy atom. The smallest absolute Gasteiger partial charge is 0.123 e. The molecule has 0 atom stereocenters. The molecule has 24 heavy (non-hydrogen) atoms. The Kier molecular flexibility index (Phi) is 4.94. The summed E-state index contributed by atoms with van der Waals surface area (Å²) in [5, 5.41) is 8.85. The molecule has 0 unspecified atom stereocenters. The minimum Gasteiger partial charge on any atom is -0.324 e. The molecule has 0 amide bonds. The number of likely N-dealkylation sites (tertiary alicyclic amines) is 1. The summed E-state index contributed by atoms with van der Waals surface area (Å²) in [6.07, 6.45) is 2.16. The lowest BCUT2D eigenvalue weighted by atomic mass is 9.86. The average molecular weight is 323 g/mol. The lowest BCUT2D eigenvalue weighted by Crippen LogP contribution is -2.49. The van der Waals surface area contributed by atoms with Crippen LogP contribution in [-0.2, 0) is 6.54 Å². The Balaban J connectivity index is 1.60. The summed E-state index contributed by atoms with van der Waals surface area (Å²) in [4.78, 5) is 2.37. The van der Waals surface area contributed by atoms with Crippen LogP contribution in [0.2, 0.25) is 0 Å². The molecule has 0 spiro atoms. The van der Waals surface area contributed by atoms with Gasteiger partial charge in [0.25, 0.3) is 0 Å². The first-order valence-electron chi connectivity index (χ1n) is 8.31. The van der Waals surface area contributed by atoms with Crippen LogP contribution in [-0.4, -0.2) is 23.5 Å². The maximum Gasteiger partial charge on any atom is 0.123 e. The number of benzene rings is 2. The Bertz CT molecular complexity index is 725. The number of rotatable bonds is 4. The van der Waals surface area contributed by atoms with E-state index in [1.54, 1.807) is 12.1 Å². The summed E-state index contributed by atoms with van der Waals surface area (Å²) in [6.45, 7) is 2.72. The molecule has 0 aromatic heterocycles. The predicted molar refractivity (Wildman–Crippen MR) is 93.5 cm³/mol. The minimum absolute atomic E-state index is 0.215. The van der Waals surface area contributed by atoms with Crippen LogP contribution in [0.25, 0.3) is 11.1 Å². The van der Waals surface area contributed by atoms with Crippen molar-refractivity contribution >= 4 is 0 Å². The molecule has 2 aromatic carbocycles. The second-order valence-corrected chi connectivity index (χ2v) is 6.68. The fraction of sp³-hybridized carbons (Fsp3) is 0.350. The zero-order valence-corrected chi connectivity index (χ0v) is 13.7. The van der Waals surface area contributed by atoms with Gasteiger partial charge in [-0.1, -0.05) is 36.4 Å². The second kappa shape index (κ2) is 7.12. The molecule has 1 aliphatic rings. The van der Waals surface area contributed by atoms with Crippen molar-refractivity contribution in [3.63, 3.8) is 0 Å². The van der Waals surface area contributed by atoms with Gasteiger partial charge in [0.15, 0.2) is 0 Å². The standard InChI is InChI=1S/C20H22FN3/c21-19-3-1-2-18(14-19)17-6-4-16(5-7-17)15-24-12-9-20(23,8-11-22)10-13-24/h1-7,14H,8-10,12-13,15,23H2. The number of nitrogens with zero attached hydrogens (tertiary/aromatic N) is 2. The molecule has 3 nitrogen and oxygen atoms in total. The number of nitriles is 1. The highest BCUT2D eigenvalue weighted by atomic mass is 19.1. The van der Waals surface area contributed by atoms with Crippen LogP contribution in [0, 0.1) is 17.1 Å². The molecule has 1 saturated heterocycles. The molecular formula is C20H22FN3. The van der Waals surface area contributed by atoms with E-state index in [4.69, 9.17) is 11.0 Å². The molecule has 1 fully saturated rings. The van der Waals surface area contributed by atoms with Crippen LogP contribution in [0.3, 0.4) is 0 Å². The maximum atomic E-state index is 13.3. The first kappa shape index (κ1) is 16.6. The van der Waals surface area contributed by atoms with E-state index in [-0.39, 0.29) is 11.4 Å². The van der Waals surface area contributed by atoms with Gasteiger partial charge in [-0.25, -0.2) is 4.39 Å². The topological polar surface area (TPSA) is 53.1 Å². The number of nitrogens with two attached hydrogens (primary N) is 1. The summed E-state index contributed by atoms with van der Waals surface area (Å²) in [7, 11) is 0. The van der Waals surface area contributed by atoms with Crippen LogP contribution in [0.4, 0.5) is 4.39 Å². The number of halogens is 1. The largest absolute Gasteiger partial charge is 0.324 e. The first-order chi connectivity index (χ1) is 11.6. The van der Waals surface area contributed by atoms with Gasteiger partial charge in [0, 0.05) is 25.2 Å².